The van der Waals surface area contributed by atoms with Gasteiger partial charge >= 0.3 is 5.97 Å². The van der Waals surface area contributed by atoms with Crippen LogP contribution < -0.4 is 0 Å². The highest BCUT2D eigenvalue weighted by molar-refractivity contribution is 5.71. The first-order valence-electron chi connectivity index (χ1n) is 7.13. The number of benzene rings is 1. The van der Waals surface area contributed by atoms with Crippen molar-refractivity contribution in [1.29, 1.82) is 0 Å². The van der Waals surface area contributed by atoms with Crippen LogP contribution in [0.5, 0.6) is 0 Å². The summed E-state index contributed by atoms with van der Waals surface area (Å²) in [4.78, 5) is 13.5. The van der Waals surface area contributed by atoms with Gasteiger partial charge in [0.2, 0.25) is 0 Å². The van der Waals surface area contributed by atoms with Gasteiger partial charge in [0.05, 0.1) is 19.1 Å². The molecule has 1 aliphatic rings. The standard InChI is InChI=1S/C16H23NO3/c1-4-17(15-10-20-9-14(15)16(18)19)8-13-7-11(2)5-6-12(13)3/h5-7,14-15H,4,8-10H2,1-3H3,(H,18,19). The molecule has 20 heavy (non-hydrogen) atoms. The molecule has 0 amide bonds. The average molecular weight is 277 g/mol. The number of likely N-dealkylation sites (N-methyl/N-ethyl adjacent to an activating group) is 1. The van der Waals surface area contributed by atoms with Crippen molar-refractivity contribution >= 4 is 5.97 Å². The van der Waals surface area contributed by atoms with Crippen molar-refractivity contribution in [3.8, 4) is 0 Å². The first-order valence-corrected chi connectivity index (χ1v) is 7.13. The molecule has 1 N–H and O–H groups in total. The summed E-state index contributed by atoms with van der Waals surface area (Å²) in [6.07, 6.45) is 0. The van der Waals surface area contributed by atoms with E-state index in [0.717, 1.165) is 13.1 Å². The first kappa shape index (κ1) is 15.0. The van der Waals surface area contributed by atoms with Crippen LogP contribution >= 0.6 is 0 Å². The molecule has 4 nitrogen and oxygen atoms in total. The summed E-state index contributed by atoms with van der Waals surface area (Å²) in [5.74, 6) is -1.17. The summed E-state index contributed by atoms with van der Waals surface area (Å²) in [7, 11) is 0. The van der Waals surface area contributed by atoms with Crippen LogP contribution in [0.3, 0.4) is 0 Å². The summed E-state index contributed by atoms with van der Waals surface area (Å²) in [5.41, 5.74) is 3.75. The Morgan fingerprint density at radius 3 is 2.80 bits per heavy atom. The van der Waals surface area contributed by atoms with Crippen molar-refractivity contribution < 1.29 is 14.6 Å². The number of nitrogens with zero attached hydrogens (tertiary/aromatic N) is 1. The quantitative estimate of drug-likeness (QED) is 0.896. The molecule has 2 unspecified atom stereocenters. The number of rotatable bonds is 5. The van der Waals surface area contributed by atoms with Gasteiger partial charge in [-0.25, -0.2) is 0 Å². The van der Waals surface area contributed by atoms with Crippen LogP contribution in [0, 0.1) is 19.8 Å². The maximum absolute atomic E-state index is 11.3. The number of carboxylic acid groups (broad SMARTS) is 1. The zero-order valence-corrected chi connectivity index (χ0v) is 12.4. The molecule has 2 rings (SSSR count). The molecule has 0 aromatic heterocycles. The fraction of sp³-hybridized carbons (Fsp3) is 0.562. The largest absolute Gasteiger partial charge is 0.481 e. The van der Waals surface area contributed by atoms with Crippen LogP contribution in [0.15, 0.2) is 18.2 Å². The monoisotopic (exact) mass is 277 g/mol. The lowest BCUT2D eigenvalue weighted by atomic mass is 10.00. The molecule has 4 heteroatoms. The van der Waals surface area contributed by atoms with Gasteiger partial charge in [-0.3, -0.25) is 9.69 Å². The van der Waals surface area contributed by atoms with E-state index in [1.165, 1.54) is 16.7 Å². The fourth-order valence-electron chi connectivity index (χ4n) is 2.79. The van der Waals surface area contributed by atoms with Gasteiger partial charge in [0.25, 0.3) is 0 Å². The number of carbonyl (C=O) groups is 1. The van der Waals surface area contributed by atoms with E-state index in [4.69, 9.17) is 4.74 Å². The van der Waals surface area contributed by atoms with E-state index in [-0.39, 0.29) is 6.04 Å². The minimum atomic E-state index is -0.757. The zero-order chi connectivity index (χ0) is 14.7. The predicted octanol–water partition coefficient (Wildman–Crippen LogP) is 2.22. The van der Waals surface area contributed by atoms with Crippen molar-refractivity contribution in [3.05, 3.63) is 34.9 Å². The lowest BCUT2D eigenvalue weighted by Gasteiger charge is -2.29. The molecule has 0 aliphatic carbocycles. The third-order valence-corrected chi connectivity index (χ3v) is 4.12. The lowest BCUT2D eigenvalue weighted by Crippen LogP contribution is -2.42. The maximum atomic E-state index is 11.3. The summed E-state index contributed by atoms with van der Waals surface area (Å²) in [6.45, 7) is 8.69. The third-order valence-electron chi connectivity index (χ3n) is 4.12. The van der Waals surface area contributed by atoms with Crippen molar-refractivity contribution in [1.82, 2.24) is 4.90 Å². The molecule has 110 valence electrons. The van der Waals surface area contributed by atoms with E-state index in [9.17, 15) is 9.90 Å². The summed E-state index contributed by atoms with van der Waals surface area (Å²) in [6, 6.07) is 6.38. The molecule has 1 aromatic rings. The second kappa shape index (κ2) is 6.37. The number of aryl methyl sites for hydroxylation is 2. The molecule has 0 bridgehead atoms. The van der Waals surface area contributed by atoms with Gasteiger partial charge in [0.15, 0.2) is 0 Å². The van der Waals surface area contributed by atoms with E-state index < -0.39 is 11.9 Å². The molecule has 0 saturated carbocycles. The molecule has 1 aromatic carbocycles. The number of carboxylic acids is 1. The molecule has 0 radical (unpaired) electrons. The molecule has 1 fully saturated rings. The van der Waals surface area contributed by atoms with Gasteiger partial charge in [0, 0.05) is 12.6 Å². The van der Waals surface area contributed by atoms with Crippen LogP contribution in [-0.2, 0) is 16.1 Å². The smallest absolute Gasteiger partial charge is 0.310 e. The molecular weight excluding hydrogens is 254 g/mol. The number of ether oxygens (including phenoxy) is 1. The number of hydrogen-bond acceptors (Lipinski definition) is 3. The summed E-state index contributed by atoms with van der Waals surface area (Å²) >= 11 is 0. The highest BCUT2D eigenvalue weighted by Crippen LogP contribution is 2.23. The lowest BCUT2D eigenvalue weighted by molar-refractivity contribution is -0.143. The Kier molecular flexibility index (Phi) is 4.78. The topological polar surface area (TPSA) is 49.8 Å². The van der Waals surface area contributed by atoms with Gasteiger partial charge < -0.3 is 9.84 Å². The van der Waals surface area contributed by atoms with Gasteiger partial charge in [-0.15, -0.1) is 0 Å². The fourth-order valence-corrected chi connectivity index (χ4v) is 2.79. The molecule has 2 atom stereocenters. The Bertz CT molecular complexity index is 487. The second-order valence-corrected chi connectivity index (χ2v) is 5.54. The van der Waals surface area contributed by atoms with Crippen LogP contribution in [0.4, 0.5) is 0 Å². The minimum Gasteiger partial charge on any atom is -0.481 e. The SMILES string of the molecule is CCN(Cc1cc(C)ccc1C)C1COCC1C(=O)O. The van der Waals surface area contributed by atoms with Crippen molar-refractivity contribution in [2.24, 2.45) is 5.92 Å². The maximum Gasteiger partial charge on any atom is 0.310 e. The normalized spacial score (nSPS) is 22.4. The predicted molar refractivity (Wildman–Crippen MR) is 77.7 cm³/mol. The van der Waals surface area contributed by atoms with E-state index in [1.807, 2.05) is 0 Å². The Morgan fingerprint density at radius 1 is 1.40 bits per heavy atom. The summed E-state index contributed by atoms with van der Waals surface area (Å²) < 4.78 is 5.38. The van der Waals surface area contributed by atoms with Crippen LogP contribution in [0.1, 0.15) is 23.6 Å². The first-order chi connectivity index (χ1) is 9.52. The van der Waals surface area contributed by atoms with Crippen molar-refractivity contribution in [3.63, 3.8) is 0 Å². The van der Waals surface area contributed by atoms with Gasteiger partial charge in [-0.2, -0.15) is 0 Å². The van der Waals surface area contributed by atoms with Crippen molar-refractivity contribution in [2.45, 2.75) is 33.4 Å². The van der Waals surface area contributed by atoms with Crippen LogP contribution in [0.25, 0.3) is 0 Å². The Balaban J connectivity index is 2.16. The van der Waals surface area contributed by atoms with E-state index in [0.29, 0.717) is 13.2 Å². The third kappa shape index (κ3) is 3.19. The van der Waals surface area contributed by atoms with E-state index >= 15 is 0 Å². The molecule has 1 saturated heterocycles. The average Bonchev–Trinajstić information content (AvgIpc) is 2.89. The molecule has 1 heterocycles. The number of aliphatic carboxylic acids is 1. The van der Waals surface area contributed by atoms with E-state index in [2.05, 4.69) is 43.9 Å². The van der Waals surface area contributed by atoms with Gasteiger partial charge in [-0.05, 0) is 31.5 Å². The summed E-state index contributed by atoms with van der Waals surface area (Å²) in [5, 5.41) is 9.29. The van der Waals surface area contributed by atoms with Gasteiger partial charge in [-0.1, -0.05) is 30.7 Å². The molecule has 1 aliphatic heterocycles. The molecular formula is C16H23NO3. The Labute approximate surface area is 120 Å². The van der Waals surface area contributed by atoms with Crippen LogP contribution in [0.2, 0.25) is 0 Å². The number of hydrogen-bond donors (Lipinski definition) is 1. The second-order valence-electron chi connectivity index (χ2n) is 5.54. The Hall–Kier alpha value is -1.39. The van der Waals surface area contributed by atoms with Crippen molar-refractivity contribution in [2.75, 3.05) is 19.8 Å². The highest BCUT2D eigenvalue weighted by Gasteiger charge is 2.37. The minimum absolute atomic E-state index is 0.0302. The van der Waals surface area contributed by atoms with Gasteiger partial charge in [0.1, 0.15) is 0 Å². The molecule has 0 spiro atoms. The zero-order valence-electron chi connectivity index (χ0n) is 12.4. The Morgan fingerprint density at radius 2 is 2.15 bits per heavy atom. The van der Waals surface area contributed by atoms with Crippen LogP contribution in [-0.4, -0.2) is 41.8 Å². The highest BCUT2D eigenvalue weighted by atomic mass is 16.5. The van der Waals surface area contributed by atoms with E-state index in [1.54, 1.807) is 0 Å².